The molecule has 3 fully saturated rings. The van der Waals surface area contributed by atoms with Gasteiger partial charge >= 0.3 is 0 Å². The molecule has 0 aromatic heterocycles. The van der Waals surface area contributed by atoms with Crippen molar-refractivity contribution in [2.45, 2.75) is 25.3 Å². The highest BCUT2D eigenvalue weighted by molar-refractivity contribution is 5.97. The van der Waals surface area contributed by atoms with E-state index in [-0.39, 0.29) is 30.1 Å². The largest absolute Gasteiger partial charge is 0.337 e. The number of nitrogens with zero attached hydrogens (tertiary/aromatic N) is 2. The summed E-state index contributed by atoms with van der Waals surface area (Å²) < 4.78 is 0. The third kappa shape index (κ3) is 4.37. The first-order valence-corrected chi connectivity index (χ1v) is 9.36. The summed E-state index contributed by atoms with van der Waals surface area (Å²) in [6.45, 7) is 5.87. The molecule has 0 spiro atoms. The zero-order valence-electron chi connectivity index (χ0n) is 14.9. The Morgan fingerprint density at radius 1 is 1.00 bits per heavy atom. The first-order chi connectivity index (χ1) is 12.2. The normalized spacial score (nSPS) is 23.4. The van der Waals surface area contributed by atoms with Crippen LogP contribution in [0.1, 0.15) is 29.6 Å². The molecule has 3 aliphatic rings. The molecule has 4 rings (SSSR count). The second-order valence-corrected chi connectivity index (χ2v) is 7.32. The molecule has 26 heavy (non-hydrogen) atoms. The maximum Gasteiger partial charge on any atom is 0.253 e. The summed E-state index contributed by atoms with van der Waals surface area (Å²) in [5, 5.41) is 6.29. The average Bonchev–Trinajstić information content (AvgIpc) is 3.39. The number of rotatable bonds is 4. The number of nitrogens with one attached hydrogen (secondary N) is 2. The summed E-state index contributed by atoms with van der Waals surface area (Å²) >= 11 is 0. The van der Waals surface area contributed by atoms with E-state index in [0.717, 1.165) is 64.2 Å². The lowest BCUT2D eigenvalue weighted by atomic mass is 10.1. The predicted molar refractivity (Wildman–Crippen MR) is 104 cm³/mol. The van der Waals surface area contributed by atoms with Crippen molar-refractivity contribution in [2.75, 3.05) is 44.6 Å². The van der Waals surface area contributed by atoms with Gasteiger partial charge in [-0.2, -0.15) is 0 Å². The van der Waals surface area contributed by atoms with Crippen molar-refractivity contribution in [2.24, 2.45) is 5.92 Å². The third-order valence-electron chi connectivity index (χ3n) is 5.47. The lowest BCUT2D eigenvalue weighted by molar-refractivity contribution is -0.117. The molecule has 7 heteroatoms. The molecule has 142 valence electrons. The van der Waals surface area contributed by atoms with Crippen molar-refractivity contribution in [1.82, 2.24) is 15.1 Å². The number of piperazine rings is 1. The molecule has 1 saturated carbocycles. The zero-order valence-corrected chi connectivity index (χ0v) is 15.8. The van der Waals surface area contributed by atoms with Crippen LogP contribution in [0, 0.1) is 5.92 Å². The van der Waals surface area contributed by atoms with E-state index in [4.69, 9.17) is 0 Å². The van der Waals surface area contributed by atoms with Gasteiger partial charge in [-0.25, -0.2) is 0 Å². The van der Waals surface area contributed by atoms with E-state index in [1.807, 2.05) is 29.2 Å². The standard InChI is InChI=1S/C19H26N4O2.ClH/c24-18(14-1-2-14)21-16-5-3-15(4-6-16)19(25)23-10-7-17(13-23)22-11-8-20-9-12-22;/h3-6,14,17,20H,1-2,7-13H2,(H,21,24);1H. The van der Waals surface area contributed by atoms with Crippen LogP contribution in [0.15, 0.2) is 24.3 Å². The molecule has 2 N–H and O–H groups in total. The van der Waals surface area contributed by atoms with Gasteiger partial charge in [-0.3, -0.25) is 14.5 Å². The van der Waals surface area contributed by atoms with Crippen molar-refractivity contribution in [3.8, 4) is 0 Å². The fraction of sp³-hybridized carbons (Fsp3) is 0.579. The maximum atomic E-state index is 12.7. The monoisotopic (exact) mass is 378 g/mol. The predicted octanol–water partition coefficient (Wildman–Crippen LogP) is 1.58. The molecule has 6 nitrogen and oxygen atoms in total. The van der Waals surface area contributed by atoms with E-state index in [1.54, 1.807) is 0 Å². The zero-order chi connectivity index (χ0) is 17.2. The van der Waals surface area contributed by atoms with Crippen molar-refractivity contribution in [1.29, 1.82) is 0 Å². The van der Waals surface area contributed by atoms with E-state index < -0.39 is 0 Å². The Morgan fingerprint density at radius 3 is 2.35 bits per heavy atom. The number of hydrogen-bond donors (Lipinski definition) is 2. The molecule has 2 aliphatic heterocycles. The lowest BCUT2D eigenvalue weighted by Gasteiger charge is -2.32. The van der Waals surface area contributed by atoms with Gasteiger partial charge in [0.1, 0.15) is 0 Å². The summed E-state index contributed by atoms with van der Waals surface area (Å²) in [6.07, 6.45) is 3.04. The molecule has 0 bridgehead atoms. The molecule has 0 radical (unpaired) electrons. The molecule has 1 atom stereocenters. The summed E-state index contributed by atoms with van der Waals surface area (Å²) in [5.74, 6) is 0.378. The molecule has 2 saturated heterocycles. The van der Waals surface area contributed by atoms with Crippen LogP contribution >= 0.6 is 12.4 Å². The Balaban J connectivity index is 0.00000196. The number of amides is 2. The van der Waals surface area contributed by atoms with Gasteiger partial charge in [0.15, 0.2) is 0 Å². The van der Waals surface area contributed by atoms with Crippen molar-refractivity contribution in [3.05, 3.63) is 29.8 Å². The minimum Gasteiger partial charge on any atom is -0.337 e. The summed E-state index contributed by atoms with van der Waals surface area (Å²) in [4.78, 5) is 29.0. The number of carbonyl (C=O) groups is 2. The topological polar surface area (TPSA) is 64.7 Å². The number of halogens is 1. The van der Waals surface area contributed by atoms with Gasteiger partial charge in [0.05, 0.1) is 0 Å². The number of hydrogen-bond acceptors (Lipinski definition) is 4. The fourth-order valence-corrected chi connectivity index (χ4v) is 3.74. The minimum atomic E-state index is 0. The average molecular weight is 379 g/mol. The Kier molecular flexibility index (Phi) is 6.16. The molecule has 1 aromatic rings. The summed E-state index contributed by atoms with van der Waals surface area (Å²) in [7, 11) is 0. The molecule has 1 aliphatic carbocycles. The highest BCUT2D eigenvalue weighted by Gasteiger charge is 2.32. The number of likely N-dealkylation sites (tertiary alicyclic amines) is 1. The van der Waals surface area contributed by atoms with Crippen molar-refractivity contribution in [3.63, 3.8) is 0 Å². The van der Waals surface area contributed by atoms with E-state index in [9.17, 15) is 9.59 Å². The quantitative estimate of drug-likeness (QED) is 0.834. The Hall–Kier alpha value is -1.63. The summed E-state index contributed by atoms with van der Waals surface area (Å²) in [6, 6.07) is 7.80. The third-order valence-corrected chi connectivity index (χ3v) is 5.47. The van der Waals surface area contributed by atoms with Crippen LogP contribution in [-0.2, 0) is 4.79 Å². The number of carbonyl (C=O) groups excluding carboxylic acids is 2. The van der Waals surface area contributed by atoms with Gasteiger partial charge in [0.25, 0.3) is 5.91 Å². The summed E-state index contributed by atoms with van der Waals surface area (Å²) in [5.41, 5.74) is 1.47. The molecular formula is C19H27ClN4O2. The van der Waals surface area contributed by atoms with Crippen LogP contribution < -0.4 is 10.6 Å². The highest BCUT2D eigenvalue weighted by Crippen LogP contribution is 2.30. The second-order valence-electron chi connectivity index (χ2n) is 7.32. The van der Waals surface area contributed by atoms with Gasteiger partial charge in [0, 0.05) is 62.5 Å². The molecule has 2 amide bonds. The van der Waals surface area contributed by atoms with E-state index in [2.05, 4.69) is 15.5 Å². The Bertz CT molecular complexity index is 641. The van der Waals surface area contributed by atoms with Gasteiger partial charge in [0.2, 0.25) is 5.91 Å². The molecule has 1 unspecified atom stereocenters. The van der Waals surface area contributed by atoms with Crippen LogP contribution in [0.5, 0.6) is 0 Å². The van der Waals surface area contributed by atoms with E-state index in [1.165, 1.54) is 0 Å². The van der Waals surface area contributed by atoms with Crippen molar-refractivity contribution < 1.29 is 9.59 Å². The van der Waals surface area contributed by atoms with Gasteiger partial charge in [-0.05, 0) is 43.5 Å². The Labute approximate surface area is 160 Å². The van der Waals surface area contributed by atoms with Gasteiger partial charge in [-0.1, -0.05) is 0 Å². The van der Waals surface area contributed by atoms with Crippen LogP contribution in [0.4, 0.5) is 5.69 Å². The van der Waals surface area contributed by atoms with E-state index in [0.29, 0.717) is 11.6 Å². The van der Waals surface area contributed by atoms with Crippen molar-refractivity contribution >= 4 is 29.9 Å². The number of benzene rings is 1. The van der Waals surface area contributed by atoms with Gasteiger partial charge in [-0.15, -0.1) is 12.4 Å². The minimum absolute atomic E-state index is 0. The van der Waals surface area contributed by atoms with E-state index >= 15 is 0 Å². The van der Waals surface area contributed by atoms with Crippen LogP contribution in [0.3, 0.4) is 0 Å². The molecule has 1 aromatic carbocycles. The van der Waals surface area contributed by atoms with Crippen LogP contribution in [-0.4, -0.2) is 66.9 Å². The molecule has 2 heterocycles. The Morgan fingerprint density at radius 2 is 1.69 bits per heavy atom. The SMILES string of the molecule is Cl.O=C(Nc1ccc(C(=O)N2CCC(N3CCNCC3)C2)cc1)C1CC1. The maximum absolute atomic E-state index is 12.7. The number of anilines is 1. The highest BCUT2D eigenvalue weighted by atomic mass is 35.5. The van der Waals surface area contributed by atoms with Crippen LogP contribution in [0.2, 0.25) is 0 Å². The van der Waals surface area contributed by atoms with Crippen LogP contribution in [0.25, 0.3) is 0 Å². The van der Waals surface area contributed by atoms with Gasteiger partial charge < -0.3 is 15.5 Å². The second kappa shape index (κ2) is 8.37. The molecular weight excluding hydrogens is 352 g/mol. The smallest absolute Gasteiger partial charge is 0.253 e. The first kappa shape index (κ1) is 19.1. The fourth-order valence-electron chi connectivity index (χ4n) is 3.74. The lowest BCUT2D eigenvalue weighted by Crippen LogP contribution is -2.49. The first-order valence-electron chi connectivity index (χ1n) is 9.36.